The minimum Gasteiger partial charge on any atom is -0.497 e. The highest BCUT2D eigenvalue weighted by atomic mass is 32.2. The van der Waals surface area contributed by atoms with Crippen LogP contribution >= 0.6 is 11.8 Å². The standard InChI is InChI=1S/C25H20FN3OS/c1-15(25-29(2)21-13-17(26)9-12-22(21)31-25)23-19-14-18(30-3)10-11-20(19)27-24(28-23)16-7-5-4-6-8-16/h4-14H,1-3H3. The number of fused-ring (bicyclic) bond motifs is 2. The lowest BCUT2D eigenvalue weighted by Crippen LogP contribution is -2.12. The van der Waals surface area contributed by atoms with Gasteiger partial charge in [-0.2, -0.15) is 0 Å². The maximum absolute atomic E-state index is 13.8. The van der Waals surface area contributed by atoms with E-state index in [9.17, 15) is 4.39 Å². The van der Waals surface area contributed by atoms with E-state index in [-0.39, 0.29) is 5.82 Å². The molecule has 0 bridgehead atoms. The molecule has 1 aliphatic rings. The van der Waals surface area contributed by atoms with E-state index in [0.717, 1.165) is 49.1 Å². The molecule has 1 aliphatic heterocycles. The van der Waals surface area contributed by atoms with E-state index >= 15 is 0 Å². The molecule has 154 valence electrons. The molecule has 0 saturated carbocycles. The molecule has 31 heavy (non-hydrogen) atoms. The summed E-state index contributed by atoms with van der Waals surface area (Å²) >= 11 is 1.62. The van der Waals surface area contributed by atoms with Gasteiger partial charge in [0.2, 0.25) is 0 Å². The summed E-state index contributed by atoms with van der Waals surface area (Å²) in [5.74, 6) is 1.18. The fourth-order valence-corrected chi connectivity index (χ4v) is 4.92. The summed E-state index contributed by atoms with van der Waals surface area (Å²) in [6, 6.07) is 20.7. The highest BCUT2D eigenvalue weighted by molar-refractivity contribution is 8.04. The number of aromatic nitrogens is 2. The molecule has 6 heteroatoms. The number of thioether (sulfide) groups is 1. The minimum absolute atomic E-state index is 0.242. The van der Waals surface area contributed by atoms with Crippen LogP contribution in [-0.2, 0) is 0 Å². The van der Waals surface area contributed by atoms with Gasteiger partial charge in [0, 0.05) is 28.5 Å². The second-order valence-corrected chi connectivity index (χ2v) is 8.38. The van der Waals surface area contributed by atoms with Crippen LogP contribution in [0.15, 0.2) is 76.7 Å². The van der Waals surface area contributed by atoms with Gasteiger partial charge in [0.25, 0.3) is 0 Å². The maximum Gasteiger partial charge on any atom is 0.160 e. The second kappa shape index (κ2) is 7.71. The highest BCUT2D eigenvalue weighted by Gasteiger charge is 2.26. The van der Waals surface area contributed by atoms with Gasteiger partial charge in [0.05, 0.1) is 29.0 Å². The van der Waals surface area contributed by atoms with E-state index in [4.69, 9.17) is 14.7 Å². The number of methoxy groups -OCH3 is 1. The van der Waals surface area contributed by atoms with Gasteiger partial charge in [-0.05, 0) is 43.3 Å². The van der Waals surface area contributed by atoms with Gasteiger partial charge in [-0.1, -0.05) is 42.1 Å². The summed E-state index contributed by atoms with van der Waals surface area (Å²) in [7, 11) is 3.61. The van der Waals surface area contributed by atoms with Crippen LogP contribution in [0.2, 0.25) is 0 Å². The van der Waals surface area contributed by atoms with Crippen molar-refractivity contribution in [3.05, 3.63) is 83.3 Å². The zero-order valence-corrected chi connectivity index (χ0v) is 18.2. The molecule has 0 unspecified atom stereocenters. The number of ether oxygens (including phenoxy) is 1. The molecule has 4 nitrogen and oxygen atoms in total. The van der Waals surface area contributed by atoms with Gasteiger partial charge < -0.3 is 9.64 Å². The lowest BCUT2D eigenvalue weighted by atomic mass is 10.1. The van der Waals surface area contributed by atoms with E-state index in [0.29, 0.717) is 5.82 Å². The van der Waals surface area contributed by atoms with Crippen molar-refractivity contribution in [2.75, 3.05) is 19.1 Å². The van der Waals surface area contributed by atoms with Gasteiger partial charge >= 0.3 is 0 Å². The number of rotatable bonds is 3. The zero-order chi connectivity index (χ0) is 21.5. The lowest BCUT2D eigenvalue weighted by molar-refractivity contribution is 0.415. The normalized spacial score (nSPS) is 14.6. The summed E-state index contributed by atoms with van der Waals surface area (Å²) in [4.78, 5) is 12.8. The summed E-state index contributed by atoms with van der Waals surface area (Å²) in [5, 5.41) is 1.93. The number of allylic oxidation sites excluding steroid dienone is 1. The van der Waals surface area contributed by atoms with Gasteiger partial charge in [0.15, 0.2) is 5.82 Å². The van der Waals surface area contributed by atoms with Crippen LogP contribution in [0.1, 0.15) is 12.6 Å². The summed E-state index contributed by atoms with van der Waals surface area (Å²) in [6.07, 6.45) is 0. The first-order chi connectivity index (χ1) is 15.0. The van der Waals surface area contributed by atoms with Crippen LogP contribution in [0, 0.1) is 5.82 Å². The summed E-state index contributed by atoms with van der Waals surface area (Å²) in [6.45, 7) is 2.05. The van der Waals surface area contributed by atoms with E-state index < -0.39 is 0 Å². The van der Waals surface area contributed by atoms with Crippen molar-refractivity contribution in [3.63, 3.8) is 0 Å². The highest BCUT2D eigenvalue weighted by Crippen LogP contribution is 2.48. The Bertz CT molecular complexity index is 1340. The monoisotopic (exact) mass is 429 g/mol. The predicted molar refractivity (Wildman–Crippen MR) is 125 cm³/mol. The van der Waals surface area contributed by atoms with Crippen LogP contribution < -0.4 is 9.64 Å². The Hall–Kier alpha value is -3.38. The van der Waals surface area contributed by atoms with E-state index in [1.807, 2.05) is 66.5 Å². The molecule has 0 atom stereocenters. The Kier molecular flexibility index (Phi) is 4.87. The van der Waals surface area contributed by atoms with Crippen LogP contribution in [0.5, 0.6) is 5.75 Å². The maximum atomic E-state index is 13.8. The number of hydrogen-bond donors (Lipinski definition) is 0. The van der Waals surface area contributed by atoms with Crippen LogP contribution in [0.3, 0.4) is 0 Å². The average Bonchev–Trinajstić information content (AvgIpc) is 3.13. The molecule has 0 spiro atoms. The summed E-state index contributed by atoms with van der Waals surface area (Å²) in [5.41, 5.74) is 4.50. The van der Waals surface area contributed by atoms with Crippen molar-refractivity contribution in [1.29, 1.82) is 0 Å². The predicted octanol–water partition coefficient (Wildman–Crippen LogP) is 6.38. The Morgan fingerprint density at radius 2 is 1.81 bits per heavy atom. The average molecular weight is 430 g/mol. The van der Waals surface area contributed by atoms with Crippen LogP contribution in [0.4, 0.5) is 10.1 Å². The number of halogens is 1. The topological polar surface area (TPSA) is 38.3 Å². The van der Waals surface area contributed by atoms with Crippen molar-refractivity contribution >= 4 is 33.9 Å². The molecule has 4 aromatic rings. The quantitative estimate of drug-likeness (QED) is 0.378. The Morgan fingerprint density at radius 3 is 2.58 bits per heavy atom. The van der Waals surface area contributed by atoms with Crippen molar-refractivity contribution in [1.82, 2.24) is 9.97 Å². The SMILES string of the molecule is COc1ccc2nc(-c3ccccc3)nc(C(C)=C3Sc4ccc(F)cc4N3C)c2c1. The number of anilines is 1. The number of hydrogen-bond acceptors (Lipinski definition) is 5. The Morgan fingerprint density at radius 1 is 1.00 bits per heavy atom. The third-order valence-electron chi connectivity index (χ3n) is 5.40. The largest absolute Gasteiger partial charge is 0.497 e. The number of benzene rings is 3. The second-order valence-electron chi connectivity index (χ2n) is 7.35. The van der Waals surface area contributed by atoms with Crippen molar-refractivity contribution < 1.29 is 9.13 Å². The summed E-state index contributed by atoms with van der Waals surface area (Å²) < 4.78 is 19.3. The molecule has 0 saturated heterocycles. The van der Waals surface area contributed by atoms with E-state index in [1.165, 1.54) is 6.07 Å². The minimum atomic E-state index is -0.242. The molecule has 3 aromatic carbocycles. The molecule has 0 amide bonds. The fourth-order valence-electron chi connectivity index (χ4n) is 3.79. The molecular formula is C25H20FN3OS. The van der Waals surface area contributed by atoms with E-state index in [1.54, 1.807) is 24.9 Å². The third-order valence-corrected chi connectivity index (χ3v) is 6.74. The first kappa shape index (κ1) is 19.6. The van der Waals surface area contributed by atoms with Crippen molar-refractivity contribution in [2.45, 2.75) is 11.8 Å². The van der Waals surface area contributed by atoms with Crippen molar-refractivity contribution in [2.24, 2.45) is 0 Å². The fraction of sp³-hybridized carbons (Fsp3) is 0.120. The Labute approximate surface area is 184 Å². The molecular weight excluding hydrogens is 409 g/mol. The smallest absolute Gasteiger partial charge is 0.160 e. The number of nitrogens with zero attached hydrogens (tertiary/aromatic N) is 3. The Balaban J connectivity index is 1.74. The molecule has 1 aromatic heterocycles. The molecule has 0 aliphatic carbocycles. The van der Waals surface area contributed by atoms with Crippen molar-refractivity contribution in [3.8, 4) is 17.1 Å². The first-order valence-electron chi connectivity index (χ1n) is 9.89. The molecule has 0 radical (unpaired) electrons. The van der Waals surface area contributed by atoms with Crippen LogP contribution in [0.25, 0.3) is 27.9 Å². The van der Waals surface area contributed by atoms with E-state index in [2.05, 4.69) is 6.92 Å². The molecule has 5 rings (SSSR count). The van der Waals surface area contributed by atoms with Gasteiger partial charge in [0.1, 0.15) is 11.6 Å². The lowest BCUT2D eigenvalue weighted by Gasteiger charge is -2.18. The van der Waals surface area contributed by atoms with Gasteiger partial charge in [-0.3, -0.25) is 0 Å². The first-order valence-corrected chi connectivity index (χ1v) is 10.7. The third kappa shape index (κ3) is 3.43. The molecule has 2 heterocycles. The van der Waals surface area contributed by atoms with Gasteiger partial charge in [-0.25, -0.2) is 14.4 Å². The van der Waals surface area contributed by atoms with Gasteiger partial charge in [-0.15, -0.1) is 0 Å². The van der Waals surface area contributed by atoms with Crippen LogP contribution in [-0.4, -0.2) is 24.1 Å². The molecule has 0 N–H and O–H groups in total. The molecule has 0 fully saturated rings. The zero-order valence-electron chi connectivity index (χ0n) is 17.4.